The van der Waals surface area contributed by atoms with Crippen LogP contribution in [0, 0.1) is 5.82 Å². The summed E-state index contributed by atoms with van der Waals surface area (Å²) in [6, 6.07) is 3.57. The third-order valence-corrected chi connectivity index (χ3v) is 2.42. The highest BCUT2D eigenvalue weighted by Gasteiger charge is 2.12. The Hall–Kier alpha value is -0.290. The lowest BCUT2D eigenvalue weighted by Crippen LogP contribution is -2.35. The van der Waals surface area contributed by atoms with Crippen LogP contribution in [0.15, 0.2) is 18.3 Å². The van der Waals surface area contributed by atoms with Crippen molar-refractivity contribution < 1.29 is 4.39 Å². The molecule has 3 nitrogen and oxygen atoms in total. The van der Waals surface area contributed by atoms with E-state index in [1.807, 2.05) is 0 Å². The first-order valence-electron chi connectivity index (χ1n) is 4.93. The van der Waals surface area contributed by atoms with E-state index in [-0.39, 0.29) is 43.0 Å². The van der Waals surface area contributed by atoms with Gasteiger partial charge in [0.05, 0.1) is 6.20 Å². The van der Waals surface area contributed by atoms with E-state index in [1.165, 1.54) is 12.3 Å². The number of nitrogens with zero attached hydrogens (tertiary/aromatic N) is 1. The van der Waals surface area contributed by atoms with E-state index >= 15 is 0 Å². The molecular weight excluding hydrogens is 287 g/mol. The second-order valence-corrected chi connectivity index (χ2v) is 3.53. The topological polar surface area (TPSA) is 37.0 Å². The summed E-state index contributed by atoms with van der Waals surface area (Å²) in [5.41, 5.74) is 0. The lowest BCUT2D eigenvalue weighted by Gasteiger charge is -2.23. The van der Waals surface area contributed by atoms with E-state index in [4.69, 9.17) is 0 Å². The number of aromatic nitrogens is 1. The molecule has 0 atom stereocenters. The van der Waals surface area contributed by atoms with Gasteiger partial charge in [0, 0.05) is 6.04 Å². The van der Waals surface area contributed by atoms with Gasteiger partial charge in [-0.15, -0.1) is 37.2 Å². The zero-order valence-electron chi connectivity index (χ0n) is 9.19. The van der Waals surface area contributed by atoms with Crippen LogP contribution in [-0.2, 0) is 0 Å². The molecule has 0 radical (unpaired) electrons. The monoisotopic (exact) mass is 303 g/mol. The first-order chi connectivity index (χ1) is 6.84. The average Bonchev–Trinajstić information content (AvgIpc) is 2.23. The fraction of sp³-hybridized carbons (Fsp3) is 0.500. The van der Waals surface area contributed by atoms with E-state index < -0.39 is 0 Å². The molecule has 1 saturated heterocycles. The number of anilines is 1. The zero-order chi connectivity index (χ0) is 9.80. The summed E-state index contributed by atoms with van der Waals surface area (Å²) in [6.45, 7) is 2.08. The van der Waals surface area contributed by atoms with Gasteiger partial charge in [-0.1, -0.05) is 0 Å². The maximum absolute atomic E-state index is 12.6. The van der Waals surface area contributed by atoms with E-state index in [9.17, 15) is 4.39 Å². The predicted octanol–water partition coefficient (Wildman–Crippen LogP) is 2.65. The van der Waals surface area contributed by atoms with Crippen molar-refractivity contribution in [2.24, 2.45) is 0 Å². The van der Waals surface area contributed by atoms with Crippen LogP contribution in [0.25, 0.3) is 0 Å². The largest absolute Gasteiger partial charge is 0.367 e. The molecule has 0 unspecified atom stereocenters. The summed E-state index contributed by atoms with van der Waals surface area (Å²) >= 11 is 0. The van der Waals surface area contributed by atoms with Crippen molar-refractivity contribution >= 4 is 43.0 Å². The van der Waals surface area contributed by atoms with Gasteiger partial charge in [-0.3, -0.25) is 0 Å². The Balaban J connectivity index is 0. The molecule has 1 aliphatic rings. The molecule has 2 heterocycles. The van der Waals surface area contributed by atoms with E-state index in [0.717, 1.165) is 31.7 Å². The number of nitrogens with one attached hydrogen (secondary N) is 2. The summed E-state index contributed by atoms with van der Waals surface area (Å²) in [4.78, 5) is 3.97. The molecule has 0 spiro atoms. The van der Waals surface area contributed by atoms with Gasteiger partial charge in [-0.05, 0) is 38.1 Å². The van der Waals surface area contributed by atoms with Crippen LogP contribution in [0.3, 0.4) is 0 Å². The first kappa shape index (κ1) is 19.1. The van der Waals surface area contributed by atoms with Gasteiger partial charge in [0.1, 0.15) is 11.6 Å². The molecule has 7 heteroatoms. The van der Waals surface area contributed by atoms with Crippen LogP contribution < -0.4 is 10.6 Å². The highest BCUT2D eigenvalue weighted by atomic mass is 35.5. The number of piperidine rings is 1. The van der Waals surface area contributed by atoms with Crippen molar-refractivity contribution in [1.29, 1.82) is 0 Å². The Morgan fingerprint density at radius 2 is 1.82 bits per heavy atom. The standard InChI is InChI=1S/C10H14FN3.3ClH/c11-8-1-2-10(13-7-8)14-9-3-5-12-6-4-9;;;/h1-2,7,9,12H,3-6H2,(H,13,14);3*1H. The highest BCUT2D eigenvalue weighted by molar-refractivity contribution is 5.86. The Morgan fingerprint density at radius 1 is 1.18 bits per heavy atom. The molecular formula is C10H17Cl3FN3. The molecule has 0 aliphatic carbocycles. The van der Waals surface area contributed by atoms with Crippen LogP contribution in [0.2, 0.25) is 0 Å². The molecule has 2 N–H and O–H groups in total. The second kappa shape index (κ2) is 9.71. The van der Waals surface area contributed by atoms with Gasteiger partial charge in [0.25, 0.3) is 0 Å². The number of halogens is 4. The minimum atomic E-state index is -0.291. The van der Waals surface area contributed by atoms with Gasteiger partial charge in [0.2, 0.25) is 0 Å². The van der Waals surface area contributed by atoms with Crippen LogP contribution in [0.4, 0.5) is 10.2 Å². The number of hydrogen-bond donors (Lipinski definition) is 2. The molecule has 2 rings (SSSR count). The van der Waals surface area contributed by atoms with Crippen LogP contribution >= 0.6 is 37.2 Å². The van der Waals surface area contributed by atoms with Crippen molar-refractivity contribution in [3.63, 3.8) is 0 Å². The van der Waals surface area contributed by atoms with E-state index in [2.05, 4.69) is 15.6 Å². The molecule has 1 aromatic heterocycles. The number of hydrogen-bond acceptors (Lipinski definition) is 3. The van der Waals surface area contributed by atoms with Crippen LogP contribution in [0.5, 0.6) is 0 Å². The van der Waals surface area contributed by atoms with Gasteiger partial charge >= 0.3 is 0 Å². The van der Waals surface area contributed by atoms with Gasteiger partial charge < -0.3 is 10.6 Å². The number of rotatable bonds is 2. The molecule has 0 bridgehead atoms. The minimum absolute atomic E-state index is 0. The normalized spacial score (nSPS) is 14.9. The Morgan fingerprint density at radius 3 is 2.35 bits per heavy atom. The number of pyridine rings is 1. The SMILES string of the molecule is Cl.Cl.Cl.Fc1ccc(NC2CCNCC2)nc1. The quantitative estimate of drug-likeness (QED) is 0.882. The minimum Gasteiger partial charge on any atom is -0.367 e. The van der Waals surface area contributed by atoms with Gasteiger partial charge in [-0.25, -0.2) is 9.37 Å². The van der Waals surface area contributed by atoms with Crippen molar-refractivity contribution in [2.45, 2.75) is 18.9 Å². The van der Waals surface area contributed by atoms with E-state index in [1.54, 1.807) is 6.07 Å². The lowest BCUT2D eigenvalue weighted by molar-refractivity contribution is 0.478. The Labute approximate surface area is 119 Å². The fourth-order valence-electron chi connectivity index (χ4n) is 1.64. The third-order valence-electron chi connectivity index (χ3n) is 2.42. The van der Waals surface area contributed by atoms with Crippen molar-refractivity contribution in [3.05, 3.63) is 24.1 Å². The van der Waals surface area contributed by atoms with Crippen molar-refractivity contribution in [2.75, 3.05) is 18.4 Å². The van der Waals surface area contributed by atoms with Crippen molar-refractivity contribution in [3.8, 4) is 0 Å². The fourth-order valence-corrected chi connectivity index (χ4v) is 1.64. The maximum atomic E-state index is 12.6. The van der Waals surface area contributed by atoms with Crippen LogP contribution in [0.1, 0.15) is 12.8 Å². The molecule has 1 fully saturated rings. The second-order valence-electron chi connectivity index (χ2n) is 3.53. The van der Waals surface area contributed by atoms with Crippen LogP contribution in [-0.4, -0.2) is 24.1 Å². The predicted molar refractivity (Wildman–Crippen MR) is 75.5 cm³/mol. The molecule has 17 heavy (non-hydrogen) atoms. The molecule has 1 aromatic rings. The highest BCUT2D eigenvalue weighted by Crippen LogP contribution is 2.10. The third kappa shape index (κ3) is 6.27. The van der Waals surface area contributed by atoms with Gasteiger partial charge in [-0.2, -0.15) is 0 Å². The summed E-state index contributed by atoms with van der Waals surface area (Å²) in [7, 11) is 0. The molecule has 100 valence electrons. The maximum Gasteiger partial charge on any atom is 0.141 e. The van der Waals surface area contributed by atoms with Crippen molar-refractivity contribution in [1.82, 2.24) is 10.3 Å². The summed E-state index contributed by atoms with van der Waals surface area (Å²) in [6.07, 6.45) is 3.43. The first-order valence-corrected chi connectivity index (χ1v) is 4.93. The molecule has 1 aliphatic heterocycles. The van der Waals surface area contributed by atoms with E-state index in [0.29, 0.717) is 6.04 Å². The molecule has 0 saturated carbocycles. The Bertz CT molecular complexity index is 291. The molecule has 0 amide bonds. The summed E-state index contributed by atoms with van der Waals surface area (Å²) in [5, 5.41) is 6.58. The summed E-state index contributed by atoms with van der Waals surface area (Å²) < 4.78 is 12.6. The smallest absolute Gasteiger partial charge is 0.141 e. The summed E-state index contributed by atoms with van der Waals surface area (Å²) in [5.74, 6) is 0.471. The zero-order valence-corrected chi connectivity index (χ0v) is 11.6. The molecule has 0 aromatic carbocycles. The lowest BCUT2D eigenvalue weighted by atomic mass is 10.1. The average molecular weight is 305 g/mol. The van der Waals surface area contributed by atoms with Gasteiger partial charge in [0.15, 0.2) is 0 Å². The Kier molecular flexibility index (Phi) is 10.9.